The van der Waals surface area contributed by atoms with Gasteiger partial charge in [-0.2, -0.15) is 0 Å². The van der Waals surface area contributed by atoms with Crippen LogP contribution < -0.4 is 5.73 Å². The lowest BCUT2D eigenvalue weighted by molar-refractivity contribution is -0.139. The minimum atomic E-state index is 0.0971. The quantitative estimate of drug-likeness (QED) is 0.802. The van der Waals surface area contributed by atoms with Gasteiger partial charge in [-0.05, 0) is 12.3 Å². The van der Waals surface area contributed by atoms with Crippen molar-refractivity contribution in [2.45, 2.75) is 44.6 Å². The van der Waals surface area contributed by atoms with Gasteiger partial charge in [0.1, 0.15) is 0 Å². The molecule has 4 nitrogen and oxygen atoms in total. The maximum absolute atomic E-state index is 12.1. The summed E-state index contributed by atoms with van der Waals surface area (Å²) in [6, 6.07) is 0.0971. The van der Waals surface area contributed by atoms with E-state index in [4.69, 9.17) is 10.5 Å². The molecule has 17 heavy (non-hydrogen) atoms. The molecule has 0 aromatic heterocycles. The molecule has 1 atom stereocenters. The first-order valence-electron chi connectivity index (χ1n) is 6.88. The number of rotatable bonds is 4. The second kappa shape index (κ2) is 6.36. The molecule has 0 spiro atoms. The molecule has 1 amide bonds. The van der Waals surface area contributed by atoms with Crippen molar-refractivity contribution in [1.29, 1.82) is 0 Å². The first-order chi connectivity index (χ1) is 8.31. The number of carbonyl (C=O) groups is 1. The van der Waals surface area contributed by atoms with Gasteiger partial charge >= 0.3 is 0 Å². The number of amides is 1. The summed E-state index contributed by atoms with van der Waals surface area (Å²) < 4.78 is 5.36. The third-order valence-corrected chi connectivity index (χ3v) is 4.06. The molecule has 2 aliphatic rings. The van der Waals surface area contributed by atoms with E-state index in [1.807, 2.05) is 4.90 Å². The van der Waals surface area contributed by atoms with Crippen molar-refractivity contribution in [1.82, 2.24) is 4.90 Å². The SMILES string of the molecule is NCC1COCCN1C(=O)CCC1CCCC1. The van der Waals surface area contributed by atoms with Crippen molar-refractivity contribution < 1.29 is 9.53 Å². The van der Waals surface area contributed by atoms with Gasteiger partial charge in [0.05, 0.1) is 19.3 Å². The number of hydrogen-bond acceptors (Lipinski definition) is 3. The Morgan fingerprint density at radius 2 is 2.12 bits per heavy atom. The van der Waals surface area contributed by atoms with Gasteiger partial charge in [-0.1, -0.05) is 25.7 Å². The van der Waals surface area contributed by atoms with Crippen molar-refractivity contribution >= 4 is 5.91 Å². The van der Waals surface area contributed by atoms with Crippen LogP contribution in [0.2, 0.25) is 0 Å². The van der Waals surface area contributed by atoms with Crippen molar-refractivity contribution in [3.05, 3.63) is 0 Å². The summed E-state index contributed by atoms with van der Waals surface area (Å²) in [5.41, 5.74) is 5.68. The summed E-state index contributed by atoms with van der Waals surface area (Å²) in [5, 5.41) is 0. The molecule has 1 saturated heterocycles. The molecule has 1 saturated carbocycles. The van der Waals surface area contributed by atoms with Crippen LogP contribution in [0.4, 0.5) is 0 Å². The highest BCUT2D eigenvalue weighted by Gasteiger charge is 2.26. The van der Waals surface area contributed by atoms with Gasteiger partial charge in [0, 0.05) is 19.5 Å². The Morgan fingerprint density at radius 1 is 1.35 bits per heavy atom. The monoisotopic (exact) mass is 240 g/mol. The van der Waals surface area contributed by atoms with Crippen LogP contribution in [-0.2, 0) is 9.53 Å². The molecule has 0 aromatic carbocycles. The van der Waals surface area contributed by atoms with Gasteiger partial charge in [-0.15, -0.1) is 0 Å². The van der Waals surface area contributed by atoms with Crippen LogP contribution in [-0.4, -0.2) is 43.2 Å². The lowest BCUT2D eigenvalue weighted by Gasteiger charge is -2.35. The normalized spacial score (nSPS) is 26.4. The molecule has 2 fully saturated rings. The summed E-state index contributed by atoms with van der Waals surface area (Å²) in [7, 11) is 0. The summed E-state index contributed by atoms with van der Waals surface area (Å²) in [5.74, 6) is 1.06. The zero-order valence-electron chi connectivity index (χ0n) is 10.6. The van der Waals surface area contributed by atoms with Crippen LogP contribution in [0.15, 0.2) is 0 Å². The number of carbonyl (C=O) groups excluding carboxylic acids is 1. The number of nitrogens with two attached hydrogens (primary N) is 1. The summed E-state index contributed by atoms with van der Waals surface area (Å²) in [4.78, 5) is 14.1. The number of ether oxygens (including phenoxy) is 1. The zero-order valence-corrected chi connectivity index (χ0v) is 10.6. The predicted octanol–water partition coefficient (Wildman–Crippen LogP) is 1.14. The van der Waals surface area contributed by atoms with Crippen LogP contribution in [0.5, 0.6) is 0 Å². The van der Waals surface area contributed by atoms with Crippen LogP contribution in [0, 0.1) is 5.92 Å². The van der Waals surface area contributed by atoms with Crippen molar-refractivity contribution in [2.24, 2.45) is 11.7 Å². The Labute approximate surface area is 103 Å². The molecular formula is C13H24N2O2. The maximum atomic E-state index is 12.1. The molecule has 0 bridgehead atoms. The smallest absolute Gasteiger partial charge is 0.223 e. The van der Waals surface area contributed by atoms with E-state index in [1.165, 1.54) is 25.7 Å². The zero-order chi connectivity index (χ0) is 12.1. The molecule has 1 unspecified atom stereocenters. The summed E-state index contributed by atoms with van der Waals surface area (Å²) in [6.45, 7) is 2.48. The average Bonchev–Trinajstić information content (AvgIpc) is 2.89. The van der Waals surface area contributed by atoms with Crippen LogP contribution in [0.25, 0.3) is 0 Å². The van der Waals surface area contributed by atoms with Gasteiger partial charge < -0.3 is 15.4 Å². The minimum Gasteiger partial charge on any atom is -0.377 e. The van der Waals surface area contributed by atoms with E-state index in [9.17, 15) is 4.79 Å². The highest BCUT2D eigenvalue weighted by Crippen LogP contribution is 2.28. The molecule has 2 N–H and O–H groups in total. The van der Waals surface area contributed by atoms with Gasteiger partial charge in [-0.3, -0.25) is 4.79 Å². The number of morpholine rings is 1. The van der Waals surface area contributed by atoms with E-state index in [0.29, 0.717) is 32.7 Å². The number of nitrogens with zero attached hydrogens (tertiary/aromatic N) is 1. The molecule has 98 valence electrons. The topological polar surface area (TPSA) is 55.6 Å². The van der Waals surface area contributed by atoms with Gasteiger partial charge in [0.15, 0.2) is 0 Å². The lowest BCUT2D eigenvalue weighted by atomic mass is 10.0. The van der Waals surface area contributed by atoms with Crippen LogP contribution in [0.3, 0.4) is 0 Å². The van der Waals surface area contributed by atoms with E-state index >= 15 is 0 Å². The Hall–Kier alpha value is -0.610. The standard InChI is InChI=1S/C13H24N2O2/c14-9-12-10-17-8-7-15(12)13(16)6-5-11-3-1-2-4-11/h11-12H,1-10,14H2. The Kier molecular flexibility index (Phi) is 4.80. The second-order valence-electron chi connectivity index (χ2n) is 5.24. The fraction of sp³-hybridized carbons (Fsp3) is 0.923. The molecule has 4 heteroatoms. The third-order valence-electron chi connectivity index (χ3n) is 4.06. The Morgan fingerprint density at radius 3 is 2.82 bits per heavy atom. The largest absolute Gasteiger partial charge is 0.377 e. The average molecular weight is 240 g/mol. The highest BCUT2D eigenvalue weighted by atomic mass is 16.5. The van der Waals surface area contributed by atoms with E-state index in [2.05, 4.69) is 0 Å². The summed E-state index contributed by atoms with van der Waals surface area (Å²) in [6.07, 6.45) is 7.09. The van der Waals surface area contributed by atoms with Crippen LogP contribution >= 0.6 is 0 Å². The third kappa shape index (κ3) is 3.42. The Bertz CT molecular complexity index is 252. The molecular weight excluding hydrogens is 216 g/mol. The minimum absolute atomic E-state index is 0.0971. The molecule has 0 aromatic rings. The first kappa shape index (κ1) is 12.8. The molecule has 1 aliphatic carbocycles. The van der Waals surface area contributed by atoms with Crippen LogP contribution in [0.1, 0.15) is 38.5 Å². The second-order valence-corrected chi connectivity index (χ2v) is 5.24. The Balaban J connectivity index is 1.76. The maximum Gasteiger partial charge on any atom is 0.223 e. The van der Waals surface area contributed by atoms with E-state index in [-0.39, 0.29) is 11.9 Å². The molecule has 1 heterocycles. The van der Waals surface area contributed by atoms with E-state index in [1.54, 1.807) is 0 Å². The van der Waals surface area contributed by atoms with Gasteiger partial charge in [-0.25, -0.2) is 0 Å². The molecule has 0 radical (unpaired) electrons. The number of hydrogen-bond donors (Lipinski definition) is 1. The van der Waals surface area contributed by atoms with E-state index < -0.39 is 0 Å². The fourth-order valence-corrected chi connectivity index (χ4v) is 2.95. The van der Waals surface area contributed by atoms with E-state index in [0.717, 1.165) is 12.3 Å². The molecule has 2 rings (SSSR count). The van der Waals surface area contributed by atoms with Gasteiger partial charge in [0.25, 0.3) is 0 Å². The molecule has 1 aliphatic heterocycles. The van der Waals surface area contributed by atoms with Crippen molar-refractivity contribution in [3.63, 3.8) is 0 Å². The predicted molar refractivity (Wildman–Crippen MR) is 66.6 cm³/mol. The highest BCUT2D eigenvalue weighted by molar-refractivity contribution is 5.76. The lowest BCUT2D eigenvalue weighted by Crippen LogP contribution is -2.52. The fourth-order valence-electron chi connectivity index (χ4n) is 2.95. The first-order valence-corrected chi connectivity index (χ1v) is 6.88. The van der Waals surface area contributed by atoms with Crippen molar-refractivity contribution in [3.8, 4) is 0 Å². The summed E-state index contributed by atoms with van der Waals surface area (Å²) >= 11 is 0. The van der Waals surface area contributed by atoms with Gasteiger partial charge in [0.2, 0.25) is 5.91 Å². The van der Waals surface area contributed by atoms with Crippen molar-refractivity contribution in [2.75, 3.05) is 26.3 Å².